The molecule has 6 heteroatoms. The van der Waals surface area contributed by atoms with Gasteiger partial charge in [-0.25, -0.2) is 0 Å². The van der Waals surface area contributed by atoms with Crippen molar-refractivity contribution in [3.05, 3.63) is 53.1 Å². The smallest absolute Gasteiger partial charge is 0.162 e. The number of amidine groups is 1. The van der Waals surface area contributed by atoms with Gasteiger partial charge in [0.15, 0.2) is 5.84 Å². The Morgan fingerprint density at radius 3 is 2.50 bits per heavy atom. The first-order chi connectivity index (χ1) is 12.5. The molecule has 6 nitrogen and oxygen atoms in total. The highest BCUT2D eigenvalue weighted by Gasteiger charge is 2.22. The van der Waals surface area contributed by atoms with E-state index in [1.54, 1.807) is 19.4 Å². The van der Waals surface area contributed by atoms with Gasteiger partial charge < -0.3 is 19.8 Å². The molecule has 0 saturated heterocycles. The monoisotopic (exact) mass is 353 g/mol. The van der Waals surface area contributed by atoms with Gasteiger partial charge in [-0.1, -0.05) is 26.0 Å². The quantitative estimate of drug-likeness (QED) is 0.863. The Balaban J connectivity index is 1.93. The van der Waals surface area contributed by atoms with E-state index in [9.17, 15) is 10.2 Å². The molecule has 0 fully saturated rings. The summed E-state index contributed by atoms with van der Waals surface area (Å²) in [6.45, 7) is 5.19. The van der Waals surface area contributed by atoms with E-state index in [0.29, 0.717) is 24.5 Å². The first kappa shape index (κ1) is 17.8. The minimum absolute atomic E-state index is 0.0116. The molecule has 0 aliphatic carbocycles. The minimum Gasteiger partial charge on any atom is -0.508 e. The van der Waals surface area contributed by atoms with Crippen molar-refractivity contribution >= 4 is 12.1 Å². The summed E-state index contributed by atoms with van der Waals surface area (Å²) in [6.07, 6.45) is 1.73. The molecule has 136 valence electrons. The summed E-state index contributed by atoms with van der Waals surface area (Å²) in [5.41, 5.74) is 2.42. The lowest BCUT2D eigenvalue weighted by molar-refractivity contribution is 0.413. The Labute approximate surface area is 153 Å². The number of hydrogen-bond donors (Lipinski definition) is 2. The lowest BCUT2D eigenvalue weighted by atomic mass is 9.98. The Hall–Kier alpha value is -3.02. The Morgan fingerprint density at radius 2 is 1.85 bits per heavy atom. The SMILES string of the molecule is COc1ccc(CN2CC=NN=C2c2cc(C(C)C)c(O)cc2O)cc1. The molecular formula is C20H23N3O3. The summed E-state index contributed by atoms with van der Waals surface area (Å²) in [6, 6.07) is 11.0. The first-order valence-corrected chi connectivity index (χ1v) is 8.53. The maximum absolute atomic E-state index is 10.4. The third-order valence-corrected chi connectivity index (χ3v) is 4.38. The van der Waals surface area contributed by atoms with E-state index < -0.39 is 0 Å². The number of benzene rings is 2. The van der Waals surface area contributed by atoms with Crippen LogP contribution in [-0.2, 0) is 6.54 Å². The van der Waals surface area contributed by atoms with E-state index in [1.165, 1.54) is 6.07 Å². The lowest BCUT2D eigenvalue weighted by Crippen LogP contribution is -2.34. The Kier molecular flexibility index (Phi) is 5.11. The molecule has 0 atom stereocenters. The number of phenols is 2. The number of rotatable bonds is 5. The molecule has 1 aliphatic heterocycles. The van der Waals surface area contributed by atoms with Crippen LogP contribution >= 0.6 is 0 Å². The van der Waals surface area contributed by atoms with Crippen molar-refractivity contribution in [2.24, 2.45) is 10.2 Å². The molecule has 0 spiro atoms. The van der Waals surface area contributed by atoms with Crippen LogP contribution in [0.15, 0.2) is 46.6 Å². The fraction of sp³-hybridized carbons (Fsp3) is 0.300. The van der Waals surface area contributed by atoms with Crippen LogP contribution in [0.1, 0.15) is 36.5 Å². The van der Waals surface area contributed by atoms with Gasteiger partial charge in [0.2, 0.25) is 0 Å². The highest BCUT2D eigenvalue weighted by atomic mass is 16.5. The number of phenolic OH excluding ortho intramolecular Hbond substituents is 2. The van der Waals surface area contributed by atoms with Gasteiger partial charge in [-0.2, -0.15) is 5.10 Å². The van der Waals surface area contributed by atoms with Crippen LogP contribution in [0.4, 0.5) is 0 Å². The molecule has 1 aliphatic rings. The van der Waals surface area contributed by atoms with E-state index in [1.807, 2.05) is 43.0 Å². The zero-order chi connectivity index (χ0) is 18.7. The summed E-state index contributed by atoms with van der Waals surface area (Å²) in [7, 11) is 1.64. The molecule has 2 N–H and O–H groups in total. The molecule has 0 bridgehead atoms. The van der Waals surface area contributed by atoms with Gasteiger partial charge in [0.1, 0.15) is 17.2 Å². The third-order valence-electron chi connectivity index (χ3n) is 4.38. The lowest BCUT2D eigenvalue weighted by Gasteiger charge is -2.27. The van der Waals surface area contributed by atoms with Crippen molar-refractivity contribution in [1.29, 1.82) is 0 Å². The summed E-state index contributed by atoms with van der Waals surface area (Å²) >= 11 is 0. The van der Waals surface area contributed by atoms with Crippen LogP contribution in [0.5, 0.6) is 17.2 Å². The van der Waals surface area contributed by atoms with Gasteiger partial charge >= 0.3 is 0 Å². The van der Waals surface area contributed by atoms with Crippen molar-refractivity contribution in [2.75, 3.05) is 13.7 Å². The molecule has 1 heterocycles. The summed E-state index contributed by atoms with van der Waals surface area (Å²) in [5, 5.41) is 28.7. The Morgan fingerprint density at radius 1 is 1.12 bits per heavy atom. The largest absolute Gasteiger partial charge is 0.508 e. The maximum Gasteiger partial charge on any atom is 0.162 e. The van der Waals surface area contributed by atoms with Gasteiger partial charge in [0.25, 0.3) is 0 Å². The van der Waals surface area contributed by atoms with E-state index in [-0.39, 0.29) is 17.4 Å². The highest BCUT2D eigenvalue weighted by Crippen LogP contribution is 2.33. The molecule has 2 aromatic carbocycles. The third kappa shape index (κ3) is 3.64. The second kappa shape index (κ2) is 7.47. The van der Waals surface area contributed by atoms with E-state index in [4.69, 9.17) is 4.74 Å². The summed E-state index contributed by atoms with van der Waals surface area (Å²) in [4.78, 5) is 2.03. The predicted octanol–water partition coefficient (Wildman–Crippen LogP) is 3.48. The van der Waals surface area contributed by atoms with E-state index >= 15 is 0 Å². The average Bonchev–Trinajstić information content (AvgIpc) is 2.63. The van der Waals surface area contributed by atoms with Gasteiger partial charge in [0, 0.05) is 18.8 Å². The fourth-order valence-corrected chi connectivity index (χ4v) is 2.93. The topological polar surface area (TPSA) is 77.7 Å². The highest BCUT2D eigenvalue weighted by molar-refractivity contribution is 6.03. The van der Waals surface area contributed by atoms with Gasteiger partial charge in [-0.15, -0.1) is 5.10 Å². The zero-order valence-corrected chi connectivity index (χ0v) is 15.2. The van der Waals surface area contributed by atoms with Crippen LogP contribution in [0.25, 0.3) is 0 Å². The van der Waals surface area contributed by atoms with Crippen LogP contribution in [0, 0.1) is 0 Å². The second-order valence-electron chi connectivity index (χ2n) is 6.53. The molecule has 3 rings (SSSR count). The van der Waals surface area contributed by atoms with Crippen LogP contribution in [-0.4, -0.2) is 40.8 Å². The van der Waals surface area contributed by atoms with Crippen molar-refractivity contribution in [3.8, 4) is 17.2 Å². The molecule has 2 aromatic rings. The number of aromatic hydroxyl groups is 2. The predicted molar refractivity (Wildman–Crippen MR) is 102 cm³/mol. The summed E-state index contributed by atoms with van der Waals surface area (Å²) < 4.78 is 5.20. The molecule has 0 radical (unpaired) electrons. The van der Waals surface area contributed by atoms with E-state index in [0.717, 1.165) is 16.9 Å². The minimum atomic E-state index is -0.0116. The van der Waals surface area contributed by atoms with Gasteiger partial charge in [-0.3, -0.25) is 0 Å². The van der Waals surface area contributed by atoms with Crippen LogP contribution in [0.3, 0.4) is 0 Å². The molecular weight excluding hydrogens is 330 g/mol. The van der Waals surface area contributed by atoms with E-state index in [2.05, 4.69) is 10.2 Å². The Bertz CT molecular complexity index is 842. The number of ether oxygens (including phenoxy) is 1. The first-order valence-electron chi connectivity index (χ1n) is 8.53. The number of hydrogen-bond acceptors (Lipinski definition) is 6. The van der Waals surface area contributed by atoms with Crippen molar-refractivity contribution < 1.29 is 14.9 Å². The molecule has 0 saturated carbocycles. The average molecular weight is 353 g/mol. The standard InChI is InChI=1S/C20H23N3O3/c1-13(2)16-10-17(19(25)11-18(16)24)20-22-21-8-9-23(20)12-14-4-6-15(26-3)7-5-14/h4-8,10-11,13,24-25H,9,12H2,1-3H3. The van der Waals surface area contributed by atoms with Crippen molar-refractivity contribution in [2.45, 2.75) is 26.3 Å². The van der Waals surface area contributed by atoms with Gasteiger partial charge in [0.05, 0.1) is 19.2 Å². The fourth-order valence-electron chi connectivity index (χ4n) is 2.93. The molecule has 0 unspecified atom stereocenters. The molecule has 0 aromatic heterocycles. The number of nitrogens with zero attached hydrogens (tertiary/aromatic N) is 3. The summed E-state index contributed by atoms with van der Waals surface area (Å²) in [5.74, 6) is 1.59. The maximum atomic E-state index is 10.4. The van der Waals surface area contributed by atoms with Gasteiger partial charge in [-0.05, 0) is 35.2 Å². The zero-order valence-electron chi connectivity index (χ0n) is 15.2. The number of methoxy groups -OCH3 is 1. The van der Waals surface area contributed by atoms with Crippen molar-refractivity contribution in [1.82, 2.24) is 4.90 Å². The van der Waals surface area contributed by atoms with Crippen molar-refractivity contribution in [3.63, 3.8) is 0 Å². The van der Waals surface area contributed by atoms with Crippen LogP contribution < -0.4 is 4.74 Å². The molecule has 26 heavy (non-hydrogen) atoms. The second-order valence-corrected chi connectivity index (χ2v) is 6.53. The molecule has 0 amide bonds. The van der Waals surface area contributed by atoms with Crippen LogP contribution in [0.2, 0.25) is 0 Å². The normalized spacial score (nSPS) is 13.8.